The molecule has 1 aliphatic rings. The molecule has 1 aliphatic carbocycles. The standard InChI is InChI=1S/C12H21N3O/c1-8(2)12-14-11(16-15-12)6-7-13-9(3)10-4-5-10/h8-10,13H,4-7H2,1-3H3. The van der Waals surface area contributed by atoms with Crippen molar-refractivity contribution in [2.75, 3.05) is 6.54 Å². The minimum atomic E-state index is 0.343. The number of rotatable bonds is 6. The average molecular weight is 223 g/mol. The van der Waals surface area contributed by atoms with Gasteiger partial charge >= 0.3 is 0 Å². The van der Waals surface area contributed by atoms with Gasteiger partial charge in [0.25, 0.3) is 0 Å². The fraction of sp³-hybridized carbons (Fsp3) is 0.833. The lowest BCUT2D eigenvalue weighted by Gasteiger charge is -2.10. The zero-order valence-corrected chi connectivity index (χ0v) is 10.4. The average Bonchev–Trinajstić information content (AvgIpc) is 2.98. The van der Waals surface area contributed by atoms with Gasteiger partial charge in [-0.3, -0.25) is 0 Å². The van der Waals surface area contributed by atoms with Crippen molar-refractivity contribution in [3.05, 3.63) is 11.7 Å². The van der Waals surface area contributed by atoms with Crippen LogP contribution in [-0.2, 0) is 6.42 Å². The van der Waals surface area contributed by atoms with E-state index in [9.17, 15) is 0 Å². The summed E-state index contributed by atoms with van der Waals surface area (Å²) in [5, 5.41) is 7.45. The van der Waals surface area contributed by atoms with Crippen LogP contribution in [0.15, 0.2) is 4.52 Å². The molecule has 1 N–H and O–H groups in total. The highest BCUT2D eigenvalue weighted by molar-refractivity contribution is 4.92. The van der Waals surface area contributed by atoms with Crippen molar-refractivity contribution in [2.45, 2.75) is 52.0 Å². The molecule has 1 aromatic rings. The molecular formula is C12H21N3O. The minimum absolute atomic E-state index is 0.343. The third kappa shape index (κ3) is 3.04. The maximum absolute atomic E-state index is 5.18. The van der Waals surface area contributed by atoms with Gasteiger partial charge in [0.05, 0.1) is 0 Å². The normalized spacial score (nSPS) is 18.0. The summed E-state index contributed by atoms with van der Waals surface area (Å²) in [5.74, 6) is 2.80. The molecular weight excluding hydrogens is 202 g/mol. The van der Waals surface area contributed by atoms with Crippen LogP contribution in [0, 0.1) is 5.92 Å². The van der Waals surface area contributed by atoms with Gasteiger partial charge in [-0.2, -0.15) is 4.98 Å². The van der Waals surface area contributed by atoms with Gasteiger partial charge in [-0.25, -0.2) is 0 Å². The molecule has 1 fully saturated rings. The molecule has 2 rings (SSSR count). The number of aromatic nitrogens is 2. The van der Waals surface area contributed by atoms with Gasteiger partial charge in [0, 0.05) is 24.9 Å². The van der Waals surface area contributed by atoms with E-state index in [0.717, 1.165) is 30.6 Å². The summed E-state index contributed by atoms with van der Waals surface area (Å²) >= 11 is 0. The Bertz CT molecular complexity index is 331. The molecule has 0 radical (unpaired) electrons. The van der Waals surface area contributed by atoms with Crippen LogP contribution in [0.3, 0.4) is 0 Å². The van der Waals surface area contributed by atoms with Crippen molar-refractivity contribution < 1.29 is 4.52 Å². The van der Waals surface area contributed by atoms with Gasteiger partial charge in [-0.05, 0) is 25.7 Å². The number of nitrogens with one attached hydrogen (secondary N) is 1. The maximum atomic E-state index is 5.18. The van der Waals surface area contributed by atoms with Crippen LogP contribution in [0.1, 0.15) is 51.2 Å². The highest BCUT2D eigenvalue weighted by Gasteiger charge is 2.27. The second-order valence-electron chi connectivity index (χ2n) is 5.03. The third-order valence-corrected chi connectivity index (χ3v) is 3.13. The molecule has 1 heterocycles. The van der Waals surface area contributed by atoms with Crippen molar-refractivity contribution >= 4 is 0 Å². The van der Waals surface area contributed by atoms with Crippen molar-refractivity contribution in [3.63, 3.8) is 0 Å². The molecule has 1 atom stereocenters. The summed E-state index contributed by atoms with van der Waals surface area (Å²) in [5.41, 5.74) is 0. The second kappa shape index (κ2) is 4.95. The molecule has 0 amide bonds. The van der Waals surface area contributed by atoms with Crippen LogP contribution < -0.4 is 5.32 Å². The SMILES string of the molecule is CC(C)c1noc(CCNC(C)C2CC2)n1. The van der Waals surface area contributed by atoms with E-state index < -0.39 is 0 Å². The number of hydrogen-bond acceptors (Lipinski definition) is 4. The Kier molecular flexibility index (Phi) is 3.59. The molecule has 0 aliphatic heterocycles. The summed E-state index contributed by atoms with van der Waals surface area (Å²) in [7, 11) is 0. The summed E-state index contributed by atoms with van der Waals surface area (Å²) in [4.78, 5) is 4.35. The smallest absolute Gasteiger partial charge is 0.227 e. The van der Waals surface area contributed by atoms with Crippen molar-refractivity contribution in [1.29, 1.82) is 0 Å². The van der Waals surface area contributed by atoms with Gasteiger partial charge < -0.3 is 9.84 Å². The van der Waals surface area contributed by atoms with Crippen molar-refractivity contribution in [3.8, 4) is 0 Å². The summed E-state index contributed by atoms with van der Waals surface area (Å²) in [6.45, 7) is 7.33. The summed E-state index contributed by atoms with van der Waals surface area (Å²) in [6, 6.07) is 0.632. The molecule has 1 aromatic heterocycles. The van der Waals surface area contributed by atoms with Crippen LogP contribution in [-0.4, -0.2) is 22.7 Å². The second-order valence-corrected chi connectivity index (χ2v) is 5.03. The molecule has 90 valence electrons. The zero-order chi connectivity index (χ0) is 11.5. The zero-order valence-electron chi connectivity index (χ0n) is 10.4. The third-order valence-electron chi connectivity index (χ3n) is 3.13. The molecule has 1 unspecified atom stereocenters. The fourth-order valence-electron chi connectivity index (χ4n) is 1.77. The fourth-order valence-corrected chi connectivity index (χ4v) is 1.77. The number of hydrogen-bond donors (Lipinski definition) is 1. The first-order valence-corrected chi connectivity index (χ1v) is 6.22. The quantitative estimate of drug-likeness (QED) is 0.802. The lowest BCUT2D eigenvalue weighted by atomic mass is 10.2. The molecule has 0 bridgehead atoms. The predicted octanol–water partition coefficient (Wildman–Crippen LogP) is 2.12. The topological polar surface area (TPSA) is 51.0 Å². The van der Waals surface area contributed by atoms with Crippen LogP contribution in [0.5, 0.6) is 0 Å². The van der Waals surface area contributed by atoms with Crippen LogP contribution >= 0.6 is 0 Å². The van der Waals surface area contributed by atoms with Gasteiger partial charge in [-0.15, -0.1) is 0 Å². The van der Waals surface area contributed by atoms with E-state index in [0.29, 0.717) is 12.0 Å². The Morgan fingerprint density at radius 2 is 2.12 bits per heavy atom. The van der Waals surface area contributed by atoms with Gasteiger partial charge in [0.2, 0.25) is 5.89 Å². The monoisotopic (exact) mass is 223 g/mol. The molecule has 1 saturated carbocycles. The summed E-state index contributed by atoms with van der Waals surface area (Å²) in [6.07, 6.45) is 3.59. The Hall–Kier alpha value is -0.900. The van der Waals surface area contributed by atoms with Gasteiger partial charge in [0.15, 0.2) is 5.82 Å². The molecule has 0 saturated heterocycles. The highest BCUT2D eigenvalue weighted by Crippen LogP contribution is 2.32. The van der Waals surface area contributed by atoms with E-state index in [2.05, 4.69) is 36.2 Å². The van der Waals surface area contributed by atoms with Crippen molar-refractivity contribution in [2.24, 2.45) is 5.92 Å². The minimum Gasteiger partial charge on any atom is -0.339 e. The van der Waals surface area contributed by atoms with Gasteiger partial charge in [-0.1, -0.05) is 19.0 Å². The van der Waals surface area contributed by atoms with E-state index in [1.165, 1.54) is 12.8 Å². The van der Waals surface area contributed by atoms with Crippen molar-refractivity contribution in [1.82, 2.24) is 15.5 Å². The molecule has 0 spiro atoms. The van der Waals surface area contributed by atoms with E-state index in [-0.39, 0.29) is 0 Å². The van der Waals surface area contributed by atoms with E-state index in [4.69, 9.17) is 4.52 Å². The Morgan fingerprint density at radius 3 is 2.69 bits per heavy atom. The van der Waals surface area contributed by atoms with Crippen LogP contribution in [0.4, 0.5) is 0 Å². The number of nitrogens with zero attached hydrogens (tertiary/aromatic N) is 2. The molecule has 4 nitrogen and oxygen atoms in total. The Balaban J connectivity index is 1.71. The largest absolute Gasteiger partial charge is 0.339 e. The first kappa shape index (κ1) is 11.6. The molecule has 0 aromatic carbocycles. The molecule has 16 heavy (non-hydrogen) atoms. The van der Waals surface area contributed by atoms with Crippen LogP contribution in [0.2, 0.25) is 0 Å². The Morgan fingerprint density at radius 1 is 1.38 bits per heavy atom. The lowest BCUT2D eigenvalue weighted by molar-refractivity contribution is 0.365. The Labute approximate surface area is 96.8 Å². The summed E-state index contributed by atoms with van der Waals surface area (Å²) < 4.78 is 5.18. The molecule has 4 heteroatoms. The van der Waals surface area contributed by atoms with Crippen LogP contribution in [0.25, 0.3) is 0 Å². The maximum Gasteiger partial charge on any atom is 0.227 e. The first-order chi connectivity index (χ1) is 7.66. The lowest BCUT2D eigenvalue weighted by Crippen LogP contribution is -2.29. The highest BCUT2D eigenvalue weighted by atomic mass is 16.5. The van der Waals surface area contributed by atoms with E-state index >= 15 is 0 Å². The van der Waals surface area contributed by atoms with Gasteiger partial charge in [0.1, 0.15) is 0 Å². The van der Waals surface area contributed by atoms with E-state index in [1.54, 1.807) is 0 Å². The van der Waals surface area contributed by atoms with E-state index in [1.807, 2.05) is 0 Å². The first-order valence-electron chi connectivity index (χ1n) is 6.22. The predicted molar refractivity (Wildman–Crippen MR) is 62.3 cm³/mol.